The van der Waals surface area contributed by atoms with E-state index in [2.05, 4.69) is 6.92 Å². The Kier molecular flexibility index (Phi) is 5.26. The van der Waals surface area contributed by atoms with E-state index in [1.165, 1.54) is 6.42 Å². The van der Waals surface area contributed by atoms with Crippen LogP contribution < -0.4 is 0 Å². The lowest BCUT2D eigenvalue weighted by Crippen LogP contribution is -2.56. The van der Waals surface area contributed by atoms with Crippen LogP contribution in [0.2, 0.25) is 0 Å². The summed E-state index contributed by atoms with van der Waals surface area (Å²) in [4.78, 5) is 27.6. The van der Waals surface area contributed by atoms with Gasteiger partial charge in [0.1, 0.15) is 6.04 Å². The lowest BCUT2D eigenvalue weighted by molar-refractivity contribution is -0.143. The molecule has 2 amide bonds. The van der Waals surface area contributed by atoms with Gasteiger partial charge < -0.3 is 14.9 Å². The minimum absolute atomic E-state index is 0.0461. The average molecular weight is 282 g/mol. The van der Waals surface area contributed by atoms with Gasteiger partial charge in [-0.1, -0.05) is 13.3 Å². The first-order chi connectivity index (χ1) is 9.65. The number of hydrogen-bond donors (Lipinski definition) is 1. The Morgan fingerprint density at radius 1 is 1.05 bits per heavy atom. The lowest BCUT2D eigenvalue weighted by atomic mass is 9.97. The summed E-state index contributed by atoms with van der Waals surface area (Å²) in [6.45, 7) is 3.51. The highest BCUT2D eigenvalue weighted by Gasteiger charge is 2.36. The zero-order valence-electron chi connectivity index (χ0n) is 12.4. The second kappa shape index (κ2) is 6.95. The summed E-state index contributed by atoms with van der Waals surface area (Å²) >= 11 is 0. The third-order valence-electron chi connectivity index (χ3n) is 4.53. The molecule has 0 saturated carbocycles. The van der Waals surface area contributed by atoms with Crippen molar-refractivity contribution >= 4 is 12.0 Å². The van der Waals surface area contributed by atoms with Gasteiger partial charge in [-0.15, -0.1) is 0 Å². The third kappa shape index (κ3) is 3.25. The average Bonchev–Trinajstić information content (AvgIpc) is 2.47. The van der Waals surface area contributed by atoms with Crippen LogP contribution in [0.25, 0.3) is 0 Å². The summed E-state index contributed by atoms with van der Waals surface area (Å²) in [7, 11) is 0. The first-order valence-electron chi connectivity index (χ1n) is 7.95. The molecule has 1 N–H and O–H groups in total. The summed E-state index contributed by atoms with van der Waals surface area (Å²) in [5.74, 6) is -0.859. The molecule has 0 aliphatic carbocycles. The van der Waals surface area contributed by atoms with Crippen molar-refractivity contribution in [2.24, 2.45) is 0 Å². The van der Waals surface area contributed by atoms with Crippen molar-refractivity contribution in [3.8, 4) is 0 Å². The van der Waals surface area contributed by atoms with Gasteiger partial charge in [-0.25, -0.2) is 9.59 Å². The first-order valence-corrected chi connectivity index (χ1v) is 7.95. The summed E-state index contributed by atoms with van der Waals surface area (Å²) < 4.78 is 0. The van der Waals surface area contributed by atoms with Gasteiger partial charge in [0.15, 0.2) is 0 Å². The summed E-state index contributed by atoms with van der Waals surface area (Å²) in [6.07, 6.45) is 7.78. The molecule has 5 nitrogen and oxygen atoms in total. The molecule has 5 heteroatoms. The first kappa shape index (κ1) is 15.1. The van der Waals surface area contributed by atoms with Crippen LogP contribution in [0.5, 0.6) is 0 Å². The van der Waals surface area contributed by atoms with Crippen LogP contribution in [-0.2, 0) is 4.79 Å². The van der Waals surface area contributed by atoms with E-state index in [1.807, 2.05) is 4.90 Å². The molecular weight excluding hydrogens is 256 g/mol. The molecule has 20 heavy (non-hydrogen) atoms. The van der Waals surface area contributed by atoms with Crippen molar-refractivity contribution in [1.29, 1.82) is 0 Å². The van der Waals surface area contributed by atoms with Crippen molar-refractivity contribution in [3.05, 3.63) is 0 Å². The standard InChI is InChI=1S/C15H26N2O3/c1-2-7-12-8-3-5-10-16(12)15(20)17-11-6-4-9-13(17)14(18)19/h12-13H,2-11H2,1H3,(H,18,19). The number of carbonyl (C=O) groups is 2. The minimum atomic E-state index is -0.859. The van der Waals surface area contributed by atoms with Crippen LogP contribution >= 0.6 is 0 Å². The molecule has 2 heterocycles. The van der Waals surface area contributed by atoms with E-state index in [1.54, 1.807) is 4.90 Å². The summed E-state index contributed by atoms with van der Waals surface area (Å²) in [6, 6.07) is -0.367. The smallest absolute Gasteiger partial charge is 0.326 e. The van der Waals surface area contributed by atoms with Crippen LogP contribution in [0, 0.1) is 0 Å². The van der Waals surface area contributed by atoms with Gasteiger partial charge in [0, 0.05) is 19.1 Å². The van der Waals surface area contributed by atoms with Gasteiger partial charge in [-0.05, 0) is 44.9 Å². The zero-order valence-corrected chi connectivity index (χ0v) is 12.4. The number of carboxylic acid groups (broad SMARTS) is 1. The number of nitrogens with zero attached hydrogens (tertiary/aromatic N) is 2. The van der Waals surface area contributed by atoms with Crippen molar-refractivity contribution in [3.63, 3.8) is 0 Å². The second-order valence-electron chi connectivity index (χ2n) is 5.96. The number of carbonyl (C=O) groups excluding carboxylic acids is 1. The number of rotatable bonds is 3. The van der Waals surface area contributed by atoms with E-state index in [-0.39, 0.29) is 6.03 Å². The van der Waals surface area contributed by atoms with Crippen molar-refractivity contribution in [2.75, 3.05) is 13.1 Å². The van der Waals surface area contributed by atoms with Crippen LogP contribution in [0.4, 0.5) is 4.79 Å². The number of aliphatic carboxylic acids is 1. The van der Waals surface area contributed by atoms with Crippen LogP contribution in [-0.4, -0.2) is 52.1 Å². The Hall–Kier alpha value is -1.26. The van der Waals surface area contributed by atoms with E-state index in [0.717, 1.165) is 45.1 Å². The molecule has 114 valence electrons. The molecule has 2 rings (SSSR count). The Labute approximate surface area is 120 Å². The highest BCUT2D eigenvalue weighted by molar-refractivity contribution is 5.83. The molecule has 0 aromatic heterocycles. The monoisotopic (exact) mass is 282 g/mol. The molecular formula is C15H26N2O3. The SMILES string of the molecule is CCCC1CCCCN1C(=O)N1CCCCC1C(=O)O. The van der Waals surface area contributed by atoms with E-state index >= 15 is 0 Å². The Bertz CT molecular complexity index is 357. The second-order valence-corrected chi connectivity index (χ2v) is 5.96. The molecule has 0 aromatic carbocycles. The Morgan fingerprint density at radius 2 is 1.70 bits per heavy atom. The highest BCUT2D eigenvalue weighted by Crippen LogP contribution is 2.25. The number of likely N-dealkylation sites (tertiary alicyclic amines) is 2. The Balaban J connectivity index is 2.08. The van der Waals surface area contributed by atoms with E-state index in [4.69, 9.17) is 0 Å². The maximum absolute atomic E-state index is 12.7. The number of amides is 2. The number of hydrogen-bond acceptors (Lipinski definition) is 2. The minimum Gasteiger partial charge on any atom is -0.480 e. The number of piperidine rings is 2. The topological polar surface area (TPSA) is 60.9 Å². The van der Waals surface area contributed by atoms with Gasteiger partial charge in [0.2, 0.25) is 0 Å². The summed E-state index contributed by atoms with van der Waals surface area (Å²) in [5, 5.41) is 9.31. The fourth-order valence-electron chi connectivity index (χ4n) is 3.47. The number of urea groups is 1. The highest BCUT2D eigenvalue weighted by atomic mass is 16.4. The quantitative estimate of drug-likeness (QED) is 0.865. The van der Waals surface area contributed by atoms with E-state index in [0.29, 0.717) is 19.0 Å². The molecule has 2 fully saturated rings. The summed E-state index contributed by atoms with van der Waals surface area (Å²) in [5.41, 5.74) is 0. The normalized spacial score (nSPS) is 27.4. The van der Waals surface area contributed by atoms with E-state index < -0.39 is 12.0 Å². The predicted octanol–water partition coefficient (Wildman–Crippen LogP) is 2.70. The zero-order chi connectivity index (χ0) is 14.5. The van der Waals surface area contributed by atoms with Crippen molar-refractivity contribution < 1.29 is 14.7 Å². The van der Waals surface area contributed by atoms with Gasteiger partial charge >= 0.3 is 12.0 Å². The van der Waals surface area contributed by atoms with Crippen LogP contribution in [0.1, 0.15) is 58.3 Å². The van der Waals surface area contributed by atoms with Crippen molar-refractivity contribution in [2.45, 2.75) is 70.4 Å². The van der Waals surface area contributed by atoms with Crippen molar-refractivity contribution in [1.82, 2.24) is 9.80 Å². The van der Waals surface area contributed by atoms with Crippen LogP contribution in [0.15, 0.2) is 0 Å². The van der Waals surface area contributed by atoms with Gasteiger partial charge in [0.25, 0.3) is 0 Å². The predicted molar refractivity (Wildman–Crippen MR) is 76.6 cm³/mol. The largest absolute Gasteiger partial charge is 0.480 e. The molecule has 2 unspecified atom stereocenters. The van der Waals surface area contributed by atoms with Gasteiger partial charge in [-0.2, -0.15) is 0 Å². The molecule has 2 saturated heterocycles. The fraction of sp³-hybridized carbons (Fsp3) is 0.867. The lowest BCUT2D eigenvalue weighted by Gasteiger charge is -2.42. The van der Waals surface area contributed by atoms with E-state index in [9.17, 15) is 14.7 Å². The molecule has 0 bridgehead atoms. The molecule has 0 aromatic rings. The van der Waals surface area contributed by atoms with Gasteiger partial charge in [-0.3, -0.25) is 0 Å². The molecule has 2 aliphatic rings. The van der Waals surface area contributed by atoms with Gasteiger partial charge in [0.05, 0.1) is 0 Å². The Morgan fingerprint density at radius 3 is 2.35 bits per heavy atom. The molecule has 2 atom stereocenters. The molecule has 0 spiro atoms. The molecule has 2 aliphatic heterocycles. The van der Waals surface area contributed by atoms with Crippen LogP contribution in [0.3, 0.4) is 0 Å². The third-order valence-corrected chi connectivity index (χ3v) is 4.53. The maximum Gasteiger partial charge on any atom is 0.326 e. The number of carboxylic acids is 1. The molecule has 0 radical (unpaired) electrons. The fourth-order valence-corrected chi connectivity index (χ4v) is 3.47. The maximum atomic E-state index is 12.7.